The SMILES string of the molecule is CN(CC(=O)N/N=C\c1cc(Br)ccc1O)S(=O)(=O)c1ccc(Br)cc1. The summed E-state index contributed by atoms with van der Waals surface area (Å²) in [4.78, 5) is 12.0. The van der Waals surface area contributed by atoms with E-state index in [1.807, 2.05) is 0 Å². The molecule has 2 aromatic carbocycles. The number of sulfonamides is 1. The molecule has 2 aromatic rings. The smallest absolute Gasteiger partial charge is 0.255 e. The van der Waals surface area contributed by atoms with E-state index in [4.69, 9.17) is 0 Å². The average molecular weight is 505 g/mol. The van der Waals surface area contributed by atoms with E-state index in [0.29, 0.717) is 5.56 Å². The lowest BCUT2D eigenvalue weighted by Crippen LogP contribution is -2.36. The number of halogens is 2. The van der Waals surface area contributed by atoms with Crippen LogP contribution in [0.5, 0.6) is 5.75 Å². The molecule has 138 valence electrons. The Morgan fingerprint density at radius 1 is 1.19 bits per heavy atom. The number of likely N-dealkylation sites (N-methyl/N-ethyl adjacent to an activating group) is 1. The molecule has 0 spiro atoms. The minimum absolute atomic E-state index is 0.00105. The number of hydrogen-bond acceptors (Lipinski definition) is 5. The van der Waals surface area contributed by atoms with Gasteiger partial charge < -0.3 is 5.11 Å². The Hall–Kier alpha value is -1.75. The number of aromatic hydroxyl groups is 1. The lowest BCUT2D eigenvalue weighted by molar-refractivity contribution is -0.121. The van der Waals surface area contributed by atoms with E-state index in [1.165, 1.54) is 31.5 Å². The van der Waals surface area contributed by atoms with E-state index < -0.39 is 22.5 Å². The molecule has 0 unspecified atom stereocenters. The summed E-state index contributed by atoms with van der Waals surface area (Å²) in [6.07, 6.45) is 1.27. The summed E-state index contributed by atoms with van der Waals surface area (Å²) in [6, 6.07) is 10.9. The molecular formula is C16H15Br2N3O4S. The molecule has 0 fully saturated rings. The molecule has 0 heterocycles. The average Bonchev–Trinajstić information content (AvgIpc) is 2.58. The van der Waals surface area contributed by atoms with Crippen molar-refractivity contribution in [2.24, 2.45) is 5.10 Å². The van der Waals surface area contributed by atoms with E-state index in [0.717, 1.165) is 13.3 Å². The van der Waals surface area contributed by atoms with E-state index in [1.54, 1.807) is 24.3 Å². The van der Waals surface area contributed by atoms with Crippen LogP contribution in [-0.4, -0.2) is 43.5 Å². The standard InChI is InChI=1S/C16H15Br2N3O4S/c1-21(26(24,25)14-5-2-12(17)3-6-14)10-16(23)20-19-9-11-8-13(18)4-7-15(11)22/h2-9,22H,10H2,1H3,(H,20,23)/b19-9-. The Labute approximate surface area is 168 Å². The van der Waals surface area contributed by atoms with Crippen molar-refractivity contribution in [1.82, 2.24) is 9.73 Å². The number of nitrogens with zero attached hydrogens (tertiary/aromatic N) is 2. The normalized spacial score (nSPS) is 11.8. The predicted octanol–water partition coefficient (Wildman–Crippen LogP) is 2.69. The highest BCUT2D eigenvalue weighted by atomic mass is 79.9. The fraction of sp³-hybridized carbons (Fsp3) is 0.125. The molecule has 2 rings (SSSR count). The number of phenolic OH excluding ortho intramolecular Hbond substituents is 1. The second-order valence-corrected chi connectivity index (χ2v) is 9.09. The highest BCUT2D eigenvalue weighted by Crippen LogP contribution is 2.20. The Bertz CT molecular complexity index is 931. The van der Waals surface area contributed by atoms with Gasteiger partial charge in [0.2, 0.25) is 10.0 Å². The van der Waals surface area contributed by atoms with Crippen LogP contribution in [0.1, 0.15) is 5.56 Å². The zero-order chi connectivity index (χ0) is 19.3. The molecule has 0 bridgehead atoms. The molecule has 0 aliphatic rings. The molecule has 0 aliphatic heterocycles. The van der Waals surface area contributed by atoms with Crippen molar-refractivity contribution in [2.75, 3.05) is 13.6 Å². The summed E-state index contributed by atoms with van der Waals surface area (Å²) in [7, 11) is -2.48. The van der Waals surface area contributed by atoms with Crippen LogP contribution in [0.2, 0.25) is 0 Å². The molecule has 0 atom stereocenters. The molecule has 10 heteroatoms. The van der Waals surface area contributed by atoms with Crippen LogP contribution < -0.4 is 5.43 Å². The molecule has 26 heavy (non-hydrogen) atoms. The lowest BCUT2D eigenvalue weighted by Gasteiger charge is -2.16. The number of hydrogen-bond donors (Lipinski definition) is 2. The number of hydrazone groups is 1. The number of phenols is 1. The van der Waals surface area contributed by atoms with Crippen LogP contribution in [0.25, 0.3) is 0 Å². The zero-order valence-electron chi connectivity index (χ0n) is 13.6. The summed E-state index contributed by atoms with van der Waals surface area (Å²) in [5.74, 6) is -0.611. The summed E-state index contributed by atoms with van der Waals surface area (Å²) >= 11 is 6.50. The van der Waals surface area contributed by atoms with Crippen LogP contribution in [0.15, 0.2) is 61.4 Å². The van der Waals surface area contributed by atoms with E-state index >= 15 is 0 Å². The van der Waals surface area contributed by atoms with Crippen molar-refractivity contribution in [3.8, 4) is 5.75 Å². The Morgan fingerprint density at radius 2 is 1.81 bits per heavy atom. The van der Waals surface area contributed by atoms with Gasteiger partial charge in [0.1, 0.15) is 5.75 Å². The minimum atomic E-state index is -3.79. The predicted molar refractivity (Wildman–Crippen MR) is 106 cm³/mol. The maximum Gasteiger partial charge on any atom is 0.255 e. The summed E-state index contributed by atoms with van der Waals surface area (Å²) in [5, 5.41) is 13.4. The third kappa shape index (κ3) is 5.37. The summed E-state index contributed by atoms with van der Waals surface area (Å²) in [6.45, 7) is -0.403. The Morgan fingerprint density at radius 3 is 2.46 bits per heavy atom. The number of nitrogens with one attached hydrogen (secondary N) is 1. The van der Waals surface area contributed by atoms with Crippen LogP contribution in [0.3, 0.4) is 0 Å². The topological polar surface area (TPSA) is 99.1 Å². The molecule has 1 amide bonds. The zero-order valence-corrected chi connectivity index (χ0v) is 17.5. The number of rotatable bonds is 6. The van der Waals surface area contributed by atoms with Crippen LogP contribution in [0.4, 0.5) is 0 Å². The van der Waals surface area contributed by atoms with Gasteiger partial charge in [-0.1, -0.05) is 31.9 Å². The largest absolute Gasteiger partial charge is 0.507 e. The van der Waals surface area contributed by atoms with Gasteiger partial charge in [0.25, 0.3) is 5.91 Å². The third-order valence-electron chi connectivity index (χ3n) is 3.27. The summed E-state index contributed by atoms with van der Waals surface area (Å²) < 4.78 is 27.2. The number of carbonyl (C=O) groups is 1. The van der Waals surface area contributed by atoms with Gasteiger partial charge in [-0.25, -0.2) is 13.8 Å². The van der Waals surface area contributed by atoms with Gasteiger partial charge in [0.15, 0.2) is 0 Å². The van der Waals surface area contributed by atoms with Crippen LogP contribution in [0, 0.1) is 0 Å². The molecule has 0 aromatic heterocycles. The van der Waals surface area contributed by atoms with Gasteiger partial charge in [-0.2, -0.15) is 9.41 Å². The summed E-state index contributed by atoms with van der Waals surface area (Å²) in [5.41, 5.74) is 2.63. The van der Waals surface area contributed by atoms with Gasteiger partial charge in [-0.15, -0.1) is 0 Å². The van der Waals surface area contributed by atoms with E-state index in [2.05, 4.69) is 42.4 Å². The first kappa shape index (κ1) is 20.6. The molecule has 0 saturated carbocycles. The van der Waals surface area contributed by atoms with Crippen molar-refractivity contribution < 1.29 is 18.3 Å². The van der Waals surface area contributed by atoms with Gasteiger partial charge in [-0.3, -0.25) is 4.79 Å². The lowest BCUT2D eigenvalue weighted by atomic mass is 10.2. The first-order valence-corrected chi connectivity index (χ1v) is 10.2. The van der Waals surface area contributed by atoms with Gasteiger partial charge in [-0.05, 0) is 42.5 Å². The fourth-order valence-corrected chi connectivity index (χ4v) is 3.68. The number of benzene rings is 2. The molecule has 7 nitrogen and oxygen atoms in total. The maximum absolute atomic E-state index is 12.4. The van der Waals surface area contributed by atoms with Gasteiger partial charge in [0.05, 0.1) is 17.7 Å². The molecular weight excluding hydrogens is 490 g/mol. The quantitative estimate of drug-likeness (QED) is 0.466. The molecule has 2 N–H and O–H groups in total. The Balaban J connectivity index is 1.99. The number of amides is 1. The van der Waals surface area contributed by atoms with Crippen molar-refractivity contribution >= 4 is 54.0 Å². The van der Waals surface area contributed by atoms with E-state index in [9.17, 15) is 18.3 Å². The van der Waals surface area contributed by atoms with E-state index in [-0.39, 0.29) is 10.6 Å². The third-order valence-corrected chi connectivity index (χ3v) is 6.11. The first-order valence-electron chi connectivity index (χ1n) is 7.22. The van der Waals surface area contributed by atoms with Gasteiger partial charge in [0, 0.05) is 21.6 Å². The molecule has 0 aliphatic carbocycles. The van der Waals surface area contributed by atoms with Crippen molar-refractivity contribution in [2.45, 2.75) is 4.90 Å². The first-order chi connectivity index (χ1) is 12.2. The van der Waals surface area contributed by atoms with Crippen LogP contribution in [-0.2, 0) is 14.8 Å². The second-order valence-electron chi connectivity index (χ2n) is 5.21. The van der Waals surface area contributed by atoms with Gasteiger partial charge >= 0.3 is 0 Å². The van der Waals surface area contributed by atoms with Crippen molar-refractivity contribution in [1.29, 1.82) is 0 Å². The highest BCUT2D eigenvalue weighted by Gasteiger charge is 2.22. The second kappa shape index (κ2) is 8.76. The monoisotopic (exact) mass is 503 g/mol. The highest BCUT2D eigenvalue weighted by molar-refractivity contribution is 9.10. The van der Waals surface area contributed by atoms with Crippen molar-refractivity contribution in [3.05, 3.63) is 57.0 Å². The molecule has 0 radical (unpaired) electrons. The Kier molecular flexibility index (Phi) is 6.93. The maximum atomic E-state index is 12.4. The number of carbonyl (C=O) groups excluding carboxylic acids is 1. The van der Waals surface area contributed by atoms with Crippen molar-refractivity contribution in [3.63, 3.8) is 0 Å². The van der Waals surface area contributed by atoms with Crippen LogP contribution >= 0.6 is 31.9 Å². The molecule has 0 saturated heterocycles. The minimum Gasteiger partial charge on any atom is -0.507 e. The fourth-order valence-electron chi connectivity index (χ4n) is 1.91.